The topological polar surface area (TPSA) is 55.1 Å². The Morgan fingerprint density at radius 1 is 1.19 bits per heavy atom. The van der Waals surface area contributed by atoms with Crippen molar-refractivity contribution >= 4 is 27.5 Å². The first kappa shape index (κ1) is 15.4. The van der Waals surface area contributed by atoms with E-state index >= 15 is 0 Å². The van der Waals surface area contributed by atoms with Crippen LogP contribution in [-0.2, 0) is 10.3 Å². The van der Waals surface area contributed by atoms with Gasteiger partial charge in [-0.05, 0) is 49.4 Å². The van der Waals surface area contributed by atoms with Crippen LogP contribution < -0.4 is 11.1 Å². The fourth-order valence-corrected chi connectivity index (χ4v) is 2.23. The summed E-state index contributed by atoms with van der Waals surface area (Å²) >= 11 is 3.29. The van der Waals surface area contributed by atoms with E-state index in [9.17, 15) is 13.6 Å². The van der Waals surface area contributed by atoms with Gasteiger partial charge in [-0.1, -0.05) is 15.9 Å². The number of amides is 1. The Kier molecular flexibility index (Phi) is 4.27. The smallest absolute Gasteiger partial charge is 0.247 e. The number of anilines is 1. The minimum absolute atomic E-state index is 0.141. The van der Waals surface area contributed by atoms with Gasteiger partial charge in [0.15, 0.2) is 0 Å². The van der Waals surface area contributed by atoms with Crippen molar-refractivity contribution in [1.29, 1.82) is 0 Å². The minimum Gasteiger partial charge on any atom is -0.368 e. The molecule has 1 atom stereocenters. The third-order valence-corrected chi connectivity index (χ3v) is 3.73. The summed E-state index contributed by atoms with van der Waals surface area (Å²) in [6, 6.07) is 9.82. The van der Waals surface area contributed by atoms with E-state index in [0.29, 0.717) is 5.69 Å². The van der Waals surface area contributed by atoms with E-state index in [-0.39, 0.29) is 5.56 Å². The van der Waals surface area contributed by atoms with Gasteiger partial charge in [-0.25, -0.2) is 8.78 Å². The number of nitrogens with one attached hydrogen (secondary N) is 1. The summed E-state index contributed by atoms with van der Waals surface area (Å²) in [6.07, 6.45) is 0. The molecule has 3 N–H and O–H groups in total. The van der Waals surface area contributed by atoms with E-state index in [1.54, 1.807) is 24.3 Å². The zero-order valence-corrected chi connectivity index (χ0v) is 12.7. The van der Waals surface area contributed by atoms with Crippen molar-refractivity contribution in [2.45, 2.75) is 12.5 Å². The zero-order chi connectivity index (χ0) is 15.6. The highest BCUT2D eigenvalue weighted by atomic mass is 79.9. The maximum absolute atomic E-state index is 14.0. The van der Waals surface area contributed by atoms with E-state index in [1.165, 1.54) is 6.92 Å². The predicted molar refractivity (Wildman–Crippen MR) is 80.7 cm³/mol. The fraction of sp³-hybridized carbons (Fsp3) is 0.133. The van der Waals surface area contributed by atoms with E-state index in [4.69, 9.17) is 5.73 Å². The highest BCUT2D eigenvalue weighted by Crippen LogP contribution is 2.29. The Morgan fingerprint density at radius 2 is 1.81 bits per heavy atom. The van der Waals surface area contributed by atoms with Gasteiger partial charge in [0.2, 0.25) is 5.91 Å². The molecule has 0 saturated heterocycles. The van der Waals surface area contributed by atoms with Crippen molar-refractivity contribution in [3.8, 4) is 0 Å². The third-order valence-electron chi connectivity index (χ3n) is 3.20. The minimum atomic E-state index is -1.57. The summed E-state index contributed by atoms with van der Waals surface area (Å²) in [6.45, 7) is 1.41. The number of hydrogen-bond donors (Lipinski definition) is 2. The van der Waals surface area contributed by atoms with Crippen LogP contribution in [0.2, 0.25) is 0 Å². The number of carbonyl (C=O) groups is 1. The lowest BCUT2D eigenvalue weighted by Crippen LogP contribution is -2.45. The van der Waals surface area contributed by atoms with Crippen molar-refractivity contribution in [2.75, 3.05) is 5.32 Å². The molecule has 0 fully saturated rings. The molecule has 6 heteroatoms. The number of primary amides is 1. The van der Waals surface area contributed by atoms with Crippen LogP contribution in [0, 0.1) is 11.6 Å². The molecule has 2 rings (SSSR count). The number of halogens is 3. The molecule has 0 aromatic heterocycles. The van der Waals surface area contributed by atoms with Crippen LogP contribution in [0.15, 0.2) is 46.9 Å². The van der Waals surface area contributed by atoms with Crippen LogP contribution in [0.1, 0.15) is 12.5 Å². The van der Waals surface area contributed by atoms with E-state index in [2.05, 4.69) is 21.2 Å². The molecule has 3 nitrogen and oxygen atoms in total. The molecule has 0 bridgehead atoms. The maximum Gasteiger partial charge on any atom is 0.247 e. The average molecular weight is 355 g/mol. The summed E-state index contributed by atoms with van der Waals surface area (Å²) in [4.78, 5) is 11.8. The van der Waals surface area contributed by atoms with Gasteiger partial charge in [-0.3, -0.25) is 4.79 Å². The lowest BCUT2D eigenvalue weighted by Gasteiger charge is -2.29. The van der Waals surface area contributed by atoms with Gasteiger partial charge in [0, 0.05) is 15.7 Å². The van der Waals surface area contributed by atoms with Crippen molar-refractivity contribution in [3.05, 3.63) is 64.1 Å². The molecule has 0 heterocycles. The first-order chi connectivity index (χ1) is 9.83. The van der Waals surface area contributed by atoms with E-state index in [0.717, 1.165) is 22.7 Å². The van der Waals surface area contributed by atoms with Crippen LogP contribution >= 0.6 is 15.9 Å². The van der Waals surface area contributed by atoms with E-state index in [1.807, 2.05) is 0 Å². The normalized spacial score (nSPS) is 13.5. The Hall–Kier alpha value is -1.95. The van der Waals surface area contributed by atoms with Crippen LogP contribution in [0.3, 0.4) is 0 Å². The second-order valence-electron chi connectivity index (χ2n) is 4.75. The molecule has 0 aliphatic heterocycles. The second-order valence-corrected chi connectivity index (χ2v) is 5.66. The van der Waals surface area contributed by atoms with Crippen molar-refractivity contribution in [3.63, 3.8) is 0 Å². The monoisotopic (exact) mass is 354 g/mol. The SMILES string of the molecule is CC(Nc1ccc(Br)cc1)(C(N)=O)c1cc(F)ccc1F. The quantitative estimate of drug-likeness (QED) is 0.882. The van der Waals surface area contributed by atoms with Crippen molar-refractivity contribution < 1.29 is 13.6 Å². The van der Waals surface area contributed by atoms with Gasteiger partial charge in [0.25, 0.3) is 0 Å². The van der Waals surface area contributed by atoms with Gasteiger partial charge >= 0.3 is 0 Å². The second kappa shape index (κ2) is 5.81. The molecule has 2 aromatic rings. The summed E-state index contributed by atoms with van der Waals surface area (Å²) in [5, 5.41) is 2.86. The molecule has 1 unspecified atom stereocenters. The molecule has 0 aliphatic carbocycles. The molecule has 21 heavy (non-hydrogen) atoms. The molecule has 0 saturated carbocycles. The number of hydrogen-bond acceptors (Lipinski definition) is 2. The lowest BCUT2D eigenvalue weighted by molar-refractivity contribution is -0.122. The first-order valence-electron chi connectivity index (χ1n) is 6.12. The first-order valence-corrected chi connectivity index (χ1v) is 6.91. The third kappa shape index (κ3) is 3.21. The zero-order valence-electron chi connectivity index (χ0n) is 11.2. The number of benzene rings is 2. The molecular weight excluding hydrogens is 342 g/mol. The highest BCUT2D eigenvalue weighted by Gasteiger charge is 2.36. The standard InChI is InChI=1S/C15H13BrF2N2O/c1-15(14(19)21,12-8-10(17)4-7-13(12)18)20-11-5-2-9(16)3-6-11/h2-8,20H,1H3,(H2,19,21). The summed E-state index contributed by atoms with van der Waals surface area (Å²) in [5.74, 6) is -2.16. The summed E-state index contributed by atoms with van der Waals surface area (Å²) in [5.41, 5.74) is 4.25. The Morgan fingerprint density at radius 3 is 2.38 bits per heavy atom. The van der Waals surface area contributed by atoms with Gasteiger partial charge in [0.1, 0.15) is 17.2 Å². The largest absolute Gasteiger partial charge is 0.368 e. The molecular formula is C15H13BrF2N2O. The molecule has 2 aromatic carbocycles. The van der Waals surface area contributed by atoms with Crippen LogP contribution in [0.25, 0.3) is 0 Å². The van der Waals surface area contributed by atoms with Crippen molar-refractivity contribution in [1.82, 2.24) is 0 Å². The number of nitrogens with two attached hydrogens (primary N) is 1. The average Bonchev–Trinajstić information content (AvgIpc) is 2.43. The van der Waals surface area contributed by atoms with Gasteiger partial charge in [-0.2, -0.15) is 0 Å². The van der Waals surface area contributed by atoms with Crippen LogP contribution in [0.4, 0.5) is 14.5 Å². The Bertz CT molecular complexity index is 676. The summed E-state index contributed by atoms with van der Waals surface area (Å²) in [7, 11) is 0. The predicted octanol–water partition coefficient (Wildman–Crippen LogP) is 3.54. The highest BCUT2D eigenvalue weighted by molar-refractivity contribution is 9.10. The molecule has 1 amide bonds. The number of rotatable bonds is 4. The Labute approximate surface area is 129 Å². The van der Waals surface area contributed by atoms with Gasteiger partial charge in [-0.15, -0.1) is 0 Å². The Balaban J connectivity index is 2.47. The van der Waals surface area contributed by atoms with Crippen LogP contribution in [0.5, 0.6) is 0 Å². The van der Waals surface area contributed by atoms with Crippen LogP contribution in [-0.4, -0.2) is 5.91 Å². The lowest BCUT2D eigenvalue weighted by atomic mass is 9.90. The number of carbonyl (C=O) groups excluding carboxylic acids is 1. The maximum atomic E-state index is 14.0. The van der Waals surface area contributed by atoms with Gasteiger partial charge < -0.3 is 11.1 Å². The fourth-order valence-electron chi connectivity index (χ4n) is 1.96. The summed E-state index contributed by atoms with van der Waals surface area (Å²) < 4.78 is 28.2. The molecule has 0 radical (unpaired) electrons. The van der Waals surface area contributed by atoms with E-state index < -0.39 is 23.1 Å². The molecule has 110 valence electrons. The van der Waals surface area contributed by atoms with Crippen molar-refractivity contribution in [2.24, 2.45) is 5.73 Å². The van der Waals surface area contributed by atoms with Gasteiger partial charge in [0.05, 0.1) is 0 Å². The molecule has 0 aliphatic rings. The molecule has 0 spiro atoms.